The number of hydrogen-bond donors (Lipinski definition) is 0. The van der Waals surface area contributed by atoms with Crippen LogP contribution in [0, 0.1) is 0 Å². The van der Waals surface area contributed by atoms with Gasteiger partial charge in [0.15, 0.2) is 0 Å². The zero-order chi connectivity index (χ0) is 14.4. The smallest absolute Gasteiger partial charge is 0.0121 e. The van der Waals surface area contributed by atoms with Gasteiger partial charge in [-0.1, -0.05) is 19.8 Å². The van der Waals surface area contributed by atoms with Crippen LogP contribution in [0.2, 0.25) is 0 Å². The second-order valence-corrected chi connectivity index (χ2v) is 6.95. The highest BCUT2D eigenvalue weighted by Gasteiger charge is 2.27. The Bertz CT molecular complexity index is 251. The summed E-state index contributed by atoms with van der Waals surface area (Å²) in [5.41, 5.74) is 0. The average molecular weight is 281 g/mol. The first-order valence-electron chi connectivity index (χ1n) is 8.91. The van der Waals surface area contributed by atoms with Crippen molar-refractivity contribution in [3.05, 3.63) is 0 Å². The van der Waals surface area contributed by atoms with Crippen molar-refractivity contribution >= 4 is 0 Å². The minimum Gasteiger partial charge on any atom is -0.303 e. The Morgan fingerprint density at radius 3 is 2.10 bits per heavy atom. The largest absolute Gasteiger partial charge is 0.303 e. The van der Waals surface area contributed by atoms with Gasteiger partial charge in [-0.3, -0.25) is 9.80 Å². The van der Waals surface area contributed by atoms with Crippen molar-refractivity contribution in [2.45, 2.75) is 65.0 Å². The lowest BCUT2D eigenvalue weighted by atomic mass is 10.0. The highest BCUT2D eigenvalue weighted by Crippen LogP contribution is 2.19. The molecule has 0 saturated carbocycles. The van der Waals surface area contributed by atoms with Crippen LogP contribution in [0.5, 0.6) is 0 Å². The molecule has 0 aromatic heterocycles. The lowest BCUT2D eigenvalue weighted by molar-refractivity contribution is 0.0482. The summed E-state index contributed by atoms with van der Waals surface area (Å²) in [6.07, 6.45) is 6.93. The van der Waals surface area contributed by atoms with Crippen molar-refractivity contribution in [1.82, 2.24) is 14.7 Å². The first kappa shape index (κ1) is 16.3. The van der Waals surface area contributed by atoms with E-state index in [1.54, 1.807) is 0 Å². The molecule has 2 saturated heterocycles. The zero-order valence-electron chi connectivity index (χ0n) is 14.0. The third kappa shape index (κ3) is 4.71. The first-order valence-corrected chi connectivity index (χ1v) is 8.91. The molecule has 118 valence electrons. The Balaban J connectivity index is 1.64. The van der Waals surface area contributed by atoms with E-state index >= 15 is 0 Å². The molecule has 2 aliphatic rings. The normalized spacial score (nSPS) is 24.6. The summed E-state index contributed by atoms with van der Waals surface area (Å²) >= 11 is 0. The highest BCUT2D eigenvalue weighted by molar-refractivity contribution is 4.84. The fraction of sp³-hybridized carbons (Fsp3) is 1.00. The monoisotopic (exact) mass is 281 g/mol. The highest BCUT2D eigenvalue weighted by atomic mass is 15.3. The van der Waals surface area contributed by atoms with Crippen molar-refractivity contribution in [2.75, 3.05) is 45.8 Å². The minimum absolute atomic E-state index is 0.720. The SMILES string of the molecule is CCCCCN1CCC(N2CCN(C(C)C)CC2)CC1. The summed E-state index contributed by atoms with van der Waals surface area (Å²) in [6, 6.07) is 1.59. The van der Waals surface area contributed by atoms with E-state index in [1.807, 2.05) is 0 Å². The van der Waals surface area contributed by atoms with Gasteiger partial charge in [-0.2, -0.15) is 0 Å². The predicted octanol–water partition coefficient (Wildman–Crippen LogP) is 2.67. The molecule has 2 fully saturated rings. The first-order chi connectivity index (χ1) is 9.70. The summed E-state index contributed by atoms with van der Waals surface area (Å²) in [7, 11) is 0. The molecule has 2 heterocycles. The maximum Gasteiger partial charge on any atom is 0.0121 e. The van der Waals surface area contributed by atoms with Gasteiger partial charge in [0.2, 0.25) is 0 Å². The van der Waals surface area contributed by atoms with Crippen LogP contribution >= 0.6 is 0 Å². The van der Waals surface area contributed by atoms with E-state index in [4.69, 9.17) is 0 Å². The number of hydrogen-bond acceptors (Lipinski definition) is 3. The van der Waals surface area contributed by atoms with Crippen molar-refractivity contribution < 1.29 is 0 Å². The number of piperazine rings is 1. The molecule has 0 aliphatic carbocycles. The minimum atomic E-state index is 0.720. The Labute approximate surface area is 126 Å². The van der Waals surface area contributed by atoms with E-state index in [2.05, 4.69) is 35.5 Å². The summed E-state index contributed by atoms with van der Waals surface area (Å²) in [4.78, 5) is 8.08. The molecule has 0 amide bonds. The second-order valence-electron chi connectivity index (χ2n) is 6.95. The average Bonchev–Trinajstić information content (AvgIpc) is 2.48. The van der Waals surface area contributed by atoms with Gasteiger partial charge in [-0.05, 0) is 52.7 Å². The lowest BCUT2D eigenvalue weighted by Gasteiger charge is -2.43. The molecule has 2 aliphatic heterocycles. The van der Waals surface area contributed by atoms with Crippen molar-refractivity contribution in [3.63, 3.8) is 0 Å². The van der Waals surface area contributed by atoms with Gasteiger partial charge in [0, 0.05) is 38.3 Å². The molecule has 0 bridgehead atoms. The summed E-state index contributed by atoms with van der Waals surface area (Å²) in [5, 5.41) is 0. The number of unbranched alkanes of at least 4 members (excludes halogenated alkanes) is 2. The van der Waals surface area contributed by atoms with Gasteiger partial charge in [-0.25, -0.2) is 0 Å². The standard InChI is InChI=1S/C17H35N3/c1-4-5-6-9-18-10-7-17(8-11-18)20-14-12-19(13-15-20)16(2)3/h16-17H,4-15H2,1-3H3. The van der Waals surface area contributed by atoms with E-state index in [0.29, 0.717) is 0 Å². The summed E-state index contributed by atoms with van der Waals surface area (Å²) in [6.45, 7) is 16.1. The fourth-order valence-corrected chi connectivity index (χ4v) is 3.71. The topological polar surface area (TPSA) is 9.72 Å². The van der Waals surface area contributed by atoms with Crippen LogP contribution in [0.1, 0.15) is 52.9 Å². The number of rotatable bonds is 6. The van der Waals surface area contributed by atoms with Crippen LogP contribution in [0.15, 0.2) is 0 Å². The summed E-state index contributed by atoms with van der Waals surface area (Å²) in [5.74, 6) is 0. The van der Waals surface area contributed by atoms with E-state index in [0.717, 1.165) is 12.1 Å². The molecule has 0 aromatic carbocycles. The Hall–Kier alpha value is -0.120. The van der Waals surface area contributed by atoms with Gasteiger partial charge in [0.05, 0.1) is 0 Å². The van der Waals surface area contributed by atoms with E-state index in [9.17, 15) is 0 Å². The van der Waals surface area contributed by atoms with Crippen LogP contribution in [0.4, 0.5) is 0 Å². The Kier molecular flexibility index (Phi) is 6.79. The molecule has 2 rings (SSSR count). The van der Waals surface area contributed by atoms with Crippen LogP contribution in [0.25, 0.3) is 0 Å². The van der Waals surface area contributed by atoms with E-state index in [1.165, 1.54) is 77.9 Å². The van der Waals surface area contributed by atoms with E-state index < -0.39 is 0 Å². The molecule has 0 radical (unpaired) electrons. The fourth-order valence-electron chi connectivity index (χ4n) is 3.71. The number of nitrogens with zero attached hydrogens (tertiary/aromatic N) is 3. The van der Waals surface area contributed by atoms with Gasteiger partial charge in [0.1, 0.15) is 0 Å². The molecular formula is C17H35N3. The molecular weight excluding hydrogens is 246 g/mol. The maximum absolute atomic E-state index is 2.77. The van der Waals surface area contributed by atoms with Gasteiger partial charge in [0.25, 0.3) is 0 Å². The van der Waals surface area contributed by atoms with Crippen LogP contribution < -0.4 is 0 Å². The molecule has 3 heteroatoms. The van der Waals surface area contributed by atoms with Gasteiger partial charge >= 0.3 is 0 Å². The van der Waals surface area contributed by atoms with Gasteiger partial charge in [-0.15, -0.1) is 0 Å². The lowest BCUT2D eigenvalue weighted by Crippen LogP contribution is -2.54. The molecule has 20 heavy (non-hydrogen) atoms. The maximum atomic E-state index is 2.77. The Morgan fingerprint density at radius 1 is 0.900 bits per heavy atom. The number of piperidine rings is 1. The predicted molar refractivity (Wildman–Crippen MR) is 87.3 cm³/mol. The van der Waals surface area contributed by atoms with Crippen LogP contribution in [-0.4, -0.2) is 72.6 Å². The molecule has 0 N–H and O–H groups in total. The van der Waals surface area contributed by atoms with Crippen LogP contribution in [-0.2, 0) is 0 Å². The van der Waals surface area contributed by atoms with E-state index in [-0.39, 0.29) is 0 Å². The molecule has 0 spiro atoms. The van der Waals surface area contributed by atoms with Crippen LogP contribution in [0.3, 0.4) is 0 Å². The third-order valence-corrected chi connectivity index (χ3v) is 5.23. The third-order valence-electron chi connectivity index (χ3n) is 5.23. The zero-order valence-corrected chi connectivity index (χ0v) is 14.0. The second kappa shape index (κ2) is 8.35. The number of likely N-dealkylation sites (tertiary alicyclic amines) is 1. The molecule has 0 aromatic rings. The van der Waals surface area contributed by atoms with Gasteiger partial charge < -0.3 is 4.90 Å². The summed E-state index contributed by atoms with van der Waals surface area (Å²) < 4.78 is 0. The van der Waals surface area contributed by atoms with Crippen molar-refractivity contribution in [2.24, 2.45) is 0 Å². The molecule has 0 atom stereocenters. The molecule has 3 nitrogen and oxygen atoms in total. The quantitative estimate of drug-likeness (QED) is 0.693. The van der Waals surface area contributed by atoms with Crippen molar-refractivity contribution in [3.8, 4) is 0 Å². The van der Waals surface area contributed by atoms with Crippen molar-refractivity contribution in [1.29, 1.82) is 0 Å². The Morgan fingerprint density at radius 2 is 1.55 bits per heavy atom. The molecule has 0 unspecified atom stereocenters.